The van der Waals surface area contributed by atoms with Crippen molar-refractivity contribution in [2.75, 3.05) is 5.73 Å². The summed E-state index contributed by atoms with van der Waals surface area (Å²) in [5.41, 5.74) is 6.80. The second-order valence-electron chi connectivity index (χ2n) is 2.39. The Labute approximate surface area is 74.7 Å². The number of anilines is 1. The molecule has 5 heteroatoms. The number of nitrogens with zero attached hydrogens (tertiary/aromatic N) is 4. The lowest BCUT2D eigenvalue weighted by atomic mass is 10.3. The van der Waals surface area contributed by atoms with Gasteiger partial charge in [-0.05, 0) is 6.07 Å². The van der Waals surface area contributed by atoms with E-state index in [1.165, 1.54) is 0 Å². The maximum absolute atomic E-state index is 5.43. The Morgan fingerprint density at radius 2 is 1.92 bits per heavy atom. The molecule has 13 heavy (non-hydrogen) atoms. The summed E-state index contributed by atoms with van der Waals surface area (Å²) in [6.45, 7) is 0. The van der Waals surface area contributed by atoms with Gasteiger partial charge in [-0.15, -0.1) is 0 Å². The van der Waals surface area contributed by atoms with Gasteiger partial charge in [0.25, 0.3) is 0 Å². The summed E-state index contributed by atoms with van der Waals surface area (Å²) < 4.78 is 0. The molecule has 0 saturated heterocycles. The highest BCUT2D eigenvalue weighted by Crippen LogP contribution is 2.11. The molecule has 2 rings (SSSR count). The van der Waals surface area contributed by atoms with Gasteiger partial charge in [0.15, 0.2) is 0 Å². The summed E-state index contributed by atoms with van der Waals surface area (Å²) in [6, 6.07) is 1.74. The van der Waals surface area contributed by atoms with Gasteiger partial charge in [0, 0.05) is 18.6 Å². The Morgan fingerprint density at radius 1 is 1.00 bits per heavy atom. The smallest absolute Gasteiger partial charge is 0.220 e. The van der Waals surface area contributed by atoms with Gasteiger partial charge in [-0.1, -0.05) is 0 Å². The molecule has 2 N–H and O–H groups in total. The summed E-state index contributed by atoms with van der Waals surface area (Å²) in [4.78, 5) is 15.8. The van der Waals surface area contributed by atoms with Crippen molar-refractivity contribution in [3.8, 4) is 11.4 Å². The maximum atomic E-state index is 5.43. The number of nitrogen functional groups attached to an aromatic ring is 1. The van der Waals surface area contributed by atoms with Gasteiger partial charge in [0.2, 0.25) is 5.95 Å². The fourth-order valence-electron chi connectivity index (χ4n) is 0.948. The number of nitrogens with two attached hydrogens (primary N) is 1. The Hall–Kier alpha value is -2.04. The molecule has 0 unspecified atom stereocenters. The summed E-state index contributed by atoms with van der Waals surface area (Å²) >= 11 is 0. The highest BCUT2D eigenvalue weighted by Gasteiger charge is 1.99. The Kier molecular flexibility index (Phi) is 1.84. The monoisotopic (exact) mass is 173 g/mol. The van der Waals surface area contributed by atoms with Crippen molar-refractivity contribution in [2.45, 2.75) is 0 Å². The van der Waals surface area contributed by atoms with Gasteiger partial charge in [-0.25, -0.2) is 9.97 Å². The van der Waals surface area contributed by atoms with Crippen LogP contribution in [0, 0.1) is 0 Å². The van der Waals surface area contributed by atoms with Gasteiger partial charge in [-0.3, -0.25) is 9.97 Å². The lowest BCUT2D eigenvalue weighted by molar-refractivity contribution is 1.14. The van der Waals surface area contributed by atoms with Crippen molar-refractivity contribution in [1.82, 2.24) is 19.9 Å². The Bertz CT molecular complexity index is 400. The molecule has 0 fully saturated rings. The van der Waals surface area contributed by atoms with E-state index in [4.69, 9.17) is 5.73 Å². The standard InChI is InChI=1S/C8H7N5/c9-8-12-2-1-6(13-8)7-5-10-3-4-11-7/h1-5H,(H2,9,12,13). The zero-order chi connectivity index (χ0) is 9.10. The first-order chi connectivity index (χ1) is 6.36. The average molecular weight is 173 g/mol. The van der Waals surface area contributed by atoms with E-state index < -0.39 is 0 Å². The molecule has 0 aromatic carbocycles. The Balaban J connectivity index is 2.48. The minimum absolute atomic E-state index is 0.239. The molecule has 0 spiro atoms. The maximum Gasteiger partial charge on any atom is 0.220 e. The quantitative estimate of drug-likeness (QED) is 0.680. The summed E-state index contributed by atoms with van der Waals surface area (Å²) in [5, 5.41) is 0. The van der Waals surface area contributed by atoms with E-state index in [9.17, 15) is 0 Å². The van der Waals surface area contributed by atoms with Crippen molar-refractivity contribution < 1.29 is 0 Å². The topological polar surface area (TPSA) is 77.6 Å². The summed E-state index contributed by atoms with van der Waals surface area (Å²) in [7, 11) is 0. The van der Waals surface area contributed by atoms with Crippen molar-refractivity contribution >= 4 is 5.95 Å². The second-order valence-corrected chi connectivity index (χ2v) is 2.39. The fraction of sp³-hybridized carbons (Fsp3) is 0. The molecular formula is C8H7N5. The molecule has 5 nitrogen and oxygen atoms in total. The third-order valence-corrected chi connectivity index (χ3v) is 1.50. The first kappa shape index (κ1) is 7.60. The van der Waals surface area contributed by atoms with Crippen molar-refractivity contribution in [3.05, 3.63) is 30.9 Å². The van der Waals surface area contributed by atoms with Crippen LogP contribution in [0.15, 0.2) is 30.9 Å². The molecular weight excluding hydrogens is 166 g/mol. The van der Waals surface area contributed by atoms with Crippen molar-refractivity contribution in [3.63, 3.8) is 0 Å². The molecule has 0 aliphatic heterocycles. The molecule has 2 aromatic rings. The average Bonchev–Trinajstić information content (AvgIpc) is 2.19. The van der Waals surface area contributed by atoms with Crippen LogP contribution in [0.1, 0.15) is 0 Å². The molecule has 0 amide bonds. The van der Waals surface area contributed by atoms with Crippen LogP contribution in [0.5, 0.6) is 0 Å². The largest absolute Gasteiger partial charge is 0.368 e. The van der Waals surface area contributed by atoms with E-state index in [-0.39, 0.29) is 5.95 Å². The third-order valence-electron chi connectivity index (χ3n) is 1.50. The first-order valence-electron chi connectivity index (χ1n) is 3.71. The molecule has 0 atom stereocenters. The molecule has 0 aliphatic rings. The molecule has 0 bridgehead atoms. The number of hydrogen-bond acceptors (Lipinski definition) is 5. The SMILES string of the molecule is Nc1nccc(-c2cnccn2)n1. The van der Waals surface area contributed by atoms with Gasteiger partial charge < -0.3 is 5.73 Å². The lowest BCUT2D eigenvalue weighted by Crippen LogP contribution is -1.96. The molecule has 2 aromatic heterocycles. The van der Waals surface area contributed by atoms with E-state index in [1.54, 1.807) is 30.9 Å². The molecule has 0 saturated carbocycles. The zero-order valence-corrected chi connectivity index (χ0v) is 6.75. The minimum atomic E-state index is 0.239. The Morgan fingerprint density at radius 3 is 2.62 bits per heavy atom. The minimum Gasteiger partial charge on any atom is -0.368 e. The van der Waals surface area contributed by atoms with Crippen molar-refractivity contribution in [1.29, 1.82) is 0 Å². The van der Waals surface area contributed by atoms with Crippen LogP contribution in [0.2, 0.25) is 0 Å². The van der Waals surface area contributed by atoms with Crippen LogP contribution in [0.3, 0.4) is 0 Å². The van der Waals surface area contributed by atoms with Gasteiger partial charge in [-0.2, -0.15) is 0 Å². The van der Waals surface area contributed by atoms with E-state index >= 15 is 0 Å². The molecule has 64 valence electrons. The molecule has 0 radical (unpaired) electrons. The predicted octanol–water partition coefficient (Wildman–Crippen LogP) is 0.516. The van der Waals surface area contributed by atoms with Crippen LogP contribution >= 0.6 is 0 Å². The number of rotatable bonds is 1. The third kappa shape index (κ3) is 1.58. The van der Waals surface area contributed by atoms with Gasteiger partial charge in [0.05, 0.1) is 11.9 Å². The van der Waals surface area contributed by atoms with E-state index in [2.05, 4.69) is 19.9 Å². The zero-order valence-electron chi connectivity index (χ0n) is 6.75. The predicted molar refractivity (Wildman–Crippen MR) is 47.5 cm³/mol. The van der Waals surface area contributed by atoms with Crippen LogP contribution < -0.4 is 5.73 Å². The van der Waals surface area contributed by atoms with Gasteiger partial charge in [0.1, 0.15) is 5.69 Å². The summed E-state index contributed by atoms with van der Waals surface area (Å²) in [6.07, 6.45) is 6.43. The summed E-state index contributed by atoms with van der Waals surface area (Å²) in [5.74, 6) is 0.239. The normalized spacial score (nSPS) is 9.85. The number of hydrogen-bond donors (Lipinski definition) is 1. The fourth-order valence-corrected chi connectivity index (χ4v) is 0.948. The van der Waals surface area contributed by atoms with Crippen LogP contribution in [0.4, 0.5) is 5.95 Å². The van der Waals surface area contributed by atoms with Crippen LogP contribution in [-0.2, 0) is 0 Å². The van der Waals surface area contributed by atoms with Crippen LogP contribution in [-0.4, -0.2) is 19.9 Å². The lowest BCUT2D eigenvalue weighted by Gasteiger charge is -1.97. The second kappa shape index (κ2) is 3.14. The first-order valence-corrected chi connectivity index (χ1v) is 3.71. The van der Waals surface area contributed by atoms with Crippen LogP contribution in [0.25, 0.3) is 11.4 Å². The van der Waals surface area contributed by atoms with E-state index in [0.29, 0.717) is 11.4 Å². The molecule has 2 heterocycles. The highest BCUT2D eigenvalue weighted by molar-refractivity contribution is 5.52. The van der Waals surface area contributed by atoms with E-state index in [1.807, 2.05) is 0 Å². The van der Waals surface area contributed by atoms with Gasteiger partial charge >= 0.3 is 0 Å². The van der Waals surface area contributed by atoms with Crippen molar-refractivity contribution in [2.24, 2.45) is 0 Å². The molecule has 0 aliphatic carbocycles. The van der Waals surface area contributed by atoms with E-state index in [0.717, 1.165) is 0 Å². The highest BCUT2D eigenvalue weighted by atomic mass is 15.0. The number of aromatic nitrogens is 4.